The van der Waals surface area contributed by atoms with Crippen LogP contribution in [0.2, 0.25) is 0 Å². The zero-order valence-corrected chi connectivity index (χ0v) is 46.5. The summed E-state index contributed by atoms with van der Waals surface area (Å²) in [6, 6.07) is 80.8. The standard InChI is InChI=1S/C75H57Cl2N3O2/c76-48-40-42-58-55(44-48)72(54-28-10-11-29-57(54)74(58)61-31-13-18-36-68(61)81-69-37-19-14-32-62(69)74)56-46-53(79(51-24-6-2-7-25-51)52-26-8-3-9-27-52)47-67(73(56)77)80-65-35-17-12-30-59(65)75(60-43-41-50(45-66(60)80)78-49-22-4-1-5-23-49)63-33-15-20-38-70(63)82-71-39-21-16-34-64(71)75/h1-2,4-8,10-26,28-47,52,55,58,67,72-73,78H,3,9,27H2. The van der Waals surface area contributed by atoms with Crippen LogP contribution in [0.3, 0.4) is 0 Å². The van der Waals surface area contributed by atoms with E-state index in [2.05, 4.69) is 282 Å². The lowest BCUT2D eigenvalue weighted by molar-refractivity contribution is 0.268. The third kappa shape index (κ3) is 7.32. The van der Waals surface area contributed by atoms with Crippen LogP contribution >= 0.6 is 23.2 Å². The summed E-state index contributed by atoms with van der Waals surface area (Å²) in [6.07, 6.45) is 19.8. The molecule has 1 N–H and O–H groups in total. The van der Waals surface area contributed by atoms with Crippen molar-refractivity contribution >= 4 is 51.6 Å². The van der Waals surface area contributed by atoms with Crippen LogP contribution < -0.4 is 24.6 Å². The van der Waals surface area contributed by atoms with Gasteiger partial charge in [-0.15, -0.1) is 11.6 Å². The van der Waals surface area contributed by atoms with E-state index in [9.17, 15) is 0 Å². The summed E-state index contributed by atoms with van der Waals surface area (Å²) in [5.41, 5.74) is 15.4. The van der Waals surface area contributed by atoms with Crippen LogP contribution in [0.1, 0.15) is 69.7 Å². The van der Waals surface area contributed by atoms with Gasteiger partial charge in [0.05, 0.1) is 28.3 Å². The van der Waals surface area contributed by atoms with Gasteiger partial charge in [0.1, 0.15) is 23.0 Å². The van der Waals surface area contributed by atoms with Crippen molar-refractivity contribution in [2.45, 2.75) is 53.5 Å². The SMILES string of the molecule is ClC1=CC2C(C3=CC(N(c4ccccc4)C4C=CCCC4)=CC(N4c5ccccc5C5(c6ccccc6Oc6ccccc65)c5ccc(Nc6ccccc6)cc54)C3Cl)c3ccccc3C3(c4ccccc4Oc4ccccc43)C2C=C1. The lowest BCUT2D eigenvalue weighted by Crippen LogP contribution is -2.51. The van der Waals surface area contributed by atoms with Crippen molar-refractivity contribution in [3.63, 3.8) is 0 Å². The molecule has 0 aromatic heterocycles. The minimum atomic E-state index is -0.764. The van der Waals surface area contributed by atoms with Gasteiger partial charge in [0.15, 0.2) is 0 Å². The lowest BCUT2D eigenvalue weighted by Gasteiger charge is -2.55. The van der Waals surface area contributed by atoms with Crippen molar-refractivity contribution in [1.82, 2.24) is 0 Å². The molecule has 3 heterocycles. The quantitative estimate of drug-likeness (QED) is 0.127. The summed E-state index contributed by atoms with van der Waals surface area (Å²) in [5.74, 6) is 3.01. The molecule has 9 aromatic rings. The van der Waals surface area contributed by atoms with Gasteiger partial charge in [0.2, 0.25) is 0 Å². The van der Waals surface area contributed by atoms with Crippen LogP contribution in [0, 0.1) is 11.8 Å². The van der Waals surface area contributed by atoms with Crippen LogP contribution in [0.15, 0.2) is 283 Å². The molecule has 0 amide bonds. The molecule has 7 aliphatic rings. The van der Waals surface area contributed by atoms with Crippen LogP contribution in [-0.2, 0) is 10.8 Å². The molecule has 7 heteroatoms. The number of nitrogens with one attached hydrogen (secondary N) is 1. The first-order chi connectivity index (χ1) is 40.5. The predicted molar refractivity (Wildman–Crippen MR) is 334 cm³/mol. The Bertz CT molecular complexity index is 4090. The summed E-state index contributed by atoms with van der Waals surface area (Å²) in [7, 11) is 0. The molecule has 9 aromatic carbocycles. The first-order valence-corrected chi connectivity index (χ1v) is 29.6. The van der Waals surface area contributed by atoms with E-state index in [1.165, 1.54) is 11.1 Å². The fraction of sp³-hybridized carbons (Fsp3) is 0.147. The predicted octanol–water partition coefficient (Wildman–Crippen LogP) is 18.9. The maximum atomic E-state index is 8.82. The highest BCUT2D eigenvalue weighted by atomic mass is 35.5. The molecule has 5 nitrogen and oxygen atoms in total. The van der Waals surface area contributed by atoms with Crippen LogP contribution in [0.4, 0.5) is 28.4 Å². The highest BCUT2D eigenvalue weighted by Crippen LogP contribution is 2.67. The lowest BCUT2D eigenvalue weighted by atomic mass is 9.49. The Kier molecular flexibility index (Phi) is 11.7. The molecule has 3 aliphatic heterocycles. The molecule has 0 saturated heterocycles. The van der Waals surface area contributed by atoms with Gasteiger partial charge in [-0.2, -0.15) is 0 Å². The minimum absolute atomic E-state index is 0.0817. The van der Waals surface area contributed by atoms with E-state index in [4.69, 9.17) is 32.7 Å². The van der Waals surface area contributed by atoms with Gasteiger partial charge >= 0.3 is 0 Å². The number of fused-ring (bicyclic) bond motifs is 16. The molecule has 6 unspecified atom stereocenters. The van der Waals surface area contributed by atoms with Gasteiger partial charge in [-0.1, -0.05) is 194 Å². The molecular formula is C75H57Cl2N3O2. The zero-order valence-electron chi connectivity index (χ0n) is 45.0. The molecule has 398 valence electrons. The number of allylic oxidation sites excluding steroid dienone is 6. The van der Waals surface area contributed by atoms with E-state index in [0.29, 0.717) is 0 Å². The molecule has 82 heavy (non-hydrogen) atoms. The number of hydrogen-bond donors (Lipinski definition) is 1. The summed E-state index contributed by atoms with van der Waals surface area (Å²) < 4.78 is 13.7. The Morgan fingerprint density at radius 2 is 1.11 bits per heavy atom. The van der Waals surface area contributed by atoms with Gasteiger partial charge in [0.25, 0.3) is 0 Å². The van der Waals surface area contributed by atoms with E-state index in [-0.39, 0.29) is 23.8 Å². The largest absolute Gasteiger partial charge is 0.457 e. The average molecular weight is 1100 g/mol. The van der Waals surface area contributed by atoms with Gasteiger partial charge in [-0.25, -0.2) is 0 Å². The van der Waals surface area contributed by atoms with E-state index < -0.39 is 22.2 Å². The normalized spacial score (nSPS) is 22.4. The average Bonchev–Trinajstić information content (AvgIpc) is 2.58. The Labute approximate surface area is 489 Å². The highest BCUT2D eigenvalue weighted by Gasteiger charge is 2.59. The zero-order chi connectivity index (χ0) is 54.5. The van der Waals surface area contributed by atoms with Gasteiger partial charge in [-0.05, 0) is 138 Å². The van der Waals surface area contributed by atoms with Crippen molar-refractivity contribution in [3.8, 4) is 23.0 Å². The van der Waals surface area contributed by atoms with Crippen molar-refractivity contribution < 1.29 is 9.47 Å². The van der Waals surface area contributed by atoms with E-state index in [0.717, 1.165) is 120 Å². The van der Waals surface area contributed by atoms with Gasteiger partial charge in [-0.3, -0.25) is 0 Å². The topological polar surface area (TPSA) is 37.0 Å². The Morgan fingerprint density at radius 1 is 0.537 bits per heavy atom. The van der Waals surface area contributed by atoms with Crippen molar-refractivity contribution in [3.05, 3.63) is 328 Å². The van der Waals surface area contributed by atoms with E-state index >= 15 is 0 Å². The van der Waals surface area contributed by atoms with Crippen LogP contribution in [-0.4, -0.2) is 17.5 Å². The summed E-state index contributed by atoms with van der Waals surface area (Å²) in [5, 5.41) is 3.99. The monoisotopic (exact) mass is 1100 g/mol. The summed E-state index contributed by atoms with van der Waals surface area (Å²) >= 11 is 16.2. The molecule has 0 fully saturated rings. The number of halogens is 2. The molecule has 0 bridgehead atoms. The van der Waals surface area contributed by atoms with Crippen molar-refractivity contribution in [2.24, 2.45) is 11.8 Å². The number of nitrogens with zero attached hydrogens (tertiary/aromatic N) is 2. The second-order valence-corrected chi connectivity index (χ2v) is 23.6. The molecule has 0 radical (unpaired) electrons. The fourth-order valence-corrected chi connectivity index (χ4v) is 16.1. The molecule has 0 saturated carbocycles. The second kappa shape index (κ2) is 19.5. The number of alkyl halides is 1. The third-order valence-electron chi connectivity index (χ3n) is 18.6. The fourth-order valence-electron chi connectivity index (χ4n) is 15.5. The van der Waals surface area contributed by atoms with E-state index in [1.807, 2.05) is 0 Å². The molecule has 16 rings (SSSR count). The maximum absolute atomic E-state index is 8.82. The number of ether oxygens (including phenoxy) is 2. The minimum Gasteiger partial charge on any atom is -0.457 e. The number of para-hydroxylation sites is 7. The third-order valence-corrected chi connectivity index (χ3v) is 19.3. The Balaban J connectivity index is 0.971. The smallest absolute Gasteiger partial charge is 0.132 e. The van der Waals surface area contributed by atoms with Crippen LogP contribution in [0.25, 0.3) is 0 Å². The summed E-state index contributed by atoms with van der Waals surface area (Å²) in [4.78, 5) is 5.17. The molecular weight excluding hydrogens is 1050 g/mol. The van der Waals surface area contributed by atoms with Gasteiger partial charge in [0, 0.05) is 73.3 Å². The number of rotatable bonds is 7. The summed E-state index contributed by atoms with van der Waals surface area (Å²) in [6.45, 7) is 0. The first kappa shape index (κ1) is 49.1. The van der Waals surface area contributed by atoms with Crippen molar-refractivity contribution in [2.75, 3.05) is 15.1 Å². The second-order valence-electron chi connectivity index (χ2n) is 22.7. The van der Waals surface area contributed by atoms with Crippen LogP contribution in [0.5, 0.6) is 23.0 Å². The maximum Gasteiger partial charge on any atom is 0.132 e. The Hall–Kier alpha value is -8.74. The molecule has 6 atom stereocenters. The number of anilines is 5. The van der Waals surface area contributed by atoms with E-state index in [1.54, 1.807) is 0 Å². The van der Waals surface area contributed by atoms with Crippen molar-refractivity contribution in [1.29, 1.82) is 0 Å². The molecule has 4 aliphatic carbocycles. The number of hydrogen-bond acceptors (Lipinski definition) is 5. The highest BCUT2D eigenvalue weighted by molar-refractivity contribution is 6.31. The number of benzene rings is 9. The molecule has 2 spiro atoms. The van der Waals surface area contributed by atoms with Gasteiger partial charge < -0.3 is 24.6 Å². The first-order valence-electron chi connectivity index (χ1n) is 28.8. The Morgan fingerprint density at radius 3 is 1.78 bits per heavy atom.